The quantitative estimate of drug-likeness (QED) is 0.481. The highest BCUT2D eigenvalue weighted by molar-refractivity contribution is 9.10. The predicted octanol–water partition coefficient (Wildman–Crippen LogP) is 4.98. The molecule has 1 saturated heterocycles. The van der Waals surface area contributed by atoms with Crippen LogP contribution in [0.2, 0.25) is 0 Å². The lowest BCUT2D eigenvalue weighted by molar-refractivity contribution is -0.136. The van der Waals surface area contributed by atoms with Gasteiger partial charge in [0.2, 0.25) is 0 Å². The molecule has 2 aliphatic rings. The van der Waals surface area contributed by atoms with Gasteiger partial charge in [-0.2, -0.15) is 0 Å². The first-order valence-corrected chi connectivity index (χ1v) is 11.8. The van der Waals surface area contributed by atoms with Crippen LogP contribution in [0, 0.1) is 5.92 Å². The smallest absolute Gasteiger partial charge is 0.303 e. The van der Waals surface area contributed by atoms with Crippen LogP contribution in [0.15, 0.2) is 40.9 Å². The number of nitrogens with zero attached hydrogens (tertiary/aromatic N) is 1. The Balaban J connectivity index is 1.62. The monoisotopic (exact) mass is 477 g/mol. The molecule has 0 aromatic heterocycles. The number of aliphatic carboxylic acids is 1. The Morgan fingerprint density at radius 1 is 1.13 bits per heavy atom. The number of allylic oxidation sites excluding steroid dienone is 2. The maximum Gasteiger partial charge on any atom is 0.303 e. The number of carbonyl (C=O) groups excluding carboxylic acids is 1. The number of carboxylic acids is 1. The molecule has 2 fully saturated rings. The van der Waals surface area contributed by atoms with Gasteiger partial charge in [0.25, 0.3) is 0 Å². The molecular formula is C24H32BrNO4. The van der Waals surface area contributed by atoms with E-state index < -0.39 is 5.97 Å². The van der Waals surface area contributed by atoms with Crippen LogP contribution in [0.3, 0.4) is 0 Å². The molecule has 0 amide bonds. The minimum Gasteiger partial charge on any atom is -0.481 e. The Morgan fingerprint density at radius 2 is 1.83 bits per heavy atom. The molecule has 3 unspecified atom stereocenters. The number of hydrogen-bond donors (Lipinski definition) is 1. The van der Waals surface area contributed by atoms with Crippen molar-refractivity contribution in [2.24, 2.45) is 5.92 Å². The first-order valence-electron chi connectivity index (χ1n) is 11.0. The highest BCUT2D eigenvalue weighted by Crippen LogP contribution is 2.35. The average Bonchev–Trinajstić information content (AvgIpc) is 3.05. The van der Waals surface area contributed by atoms with Crippen molar-refractivity contribution in [2.75, 3.05) is 13.1 Å². The molecule has 1 aromatic rings. The molecule has 1 N–H and O–H groups in total. The summed E-state index contributed by atoms with van der Waals surface area (Å²) in [5, 5.41) is 8.76. The molecular weight excluding hydrogens is 446 g/mol. The van der Waals surface area contributed by atoms with Gasteiger partial charge in [0.05, 0.1) is 18.8 Å². The summed E-state index contributed by atoms with van der Waals surface area (Å²) in [6.45, 7) is 2.52. The Hall–Kier alpha value is -1.50. The van der Waals surface area contributed by atoms with Crippen LogP contribution in [-0.2, 0) is 20.9 Å². The van der Waals surface area contributed by atoms with Gasteiger partial charge in [0.1, 0.15) is 0 Å². The predicted molar refractivity (Wildman–Crippen MR) is 120 cm³/mol. The van der Waals surface area contributed by atoms with E-state index >= 15 is 0 Å². The second kappa shape index (κ2) is 11.8. The largest absolute Gasteiger partial charge is 0.481 e. The van der Waals surface area contributed by atoms with Gasteiger partial charge in [-0.05, 0) is 62.9 Å². The van der Waals surface area contributed by atoms with E-state index in [0.717, 1.165) is 48.8 Å². The average molecular weight is 478 g/mol. The second-order valence-electron chi connectivity index (χ2n) is 8.33. The van der Waals surface area contributed by atoms with Crippen molar-refractivity contribution >= 4 is 27.7 Å². The Labute approximate surface area is 187 Å². The number of Topliss-reactive ketones (excluding diaryl/α,β-unsaturated/α-hetero) is 1. The van der Waals surface area contributed by atoms with Crippen LogP contribution in [-0.4, -0.2) is 47.0 Å². The maximum absolute atomic E-state index is 12.9. The Kier molecular flexibility index (Phi) is 9.09. The molecule has 164 valence electrons. The first-order chi connectivity index (χ1) is 14.5. The Bertz CT molecular complexity index is 727. The number of piperidine rings is 1. The van der Waals surface area contributed by atoms with E-state index in [1.54, 1.807) is 0 Å². The van der Waals surface area contributed by atoms with E-state index in [-0.39, 0.29) is 24.5 Å². The van der Waals surface area contributed by atoms with E-state index in [0.29, 0.717) is 25.2 Å². The normalized spacial score (nSPS) is 25.2. The van der Waals surface area contributed by atoms with Crippen molar-refractivity contribution in [3.05, 3.63) is 46.5 Å². The van der Waals surface area contributed by atoms with E-state index in [1.165, 1.54) is 6.42 Å². The fraction of sp³-hybridized carbons (Fsp3) is 0.583. The molecule has 5 nitrogen and oxygen atoms in total. The number of carbonyl (C=O) groups is 2. The van der Waals surface area contributed by atoms with Gasteiger partial charge in [-0.3, -0.25) is 14.5 Å². The zero-order valence-electron chi connectivity index (χ0n) is 17.5. The molecule has 6 heteroatoms. The third-order valence-corrected chi connectivity index (χ3v) is 6.66. The number of halogens is 1. The lowest BCUT2D eigenvalue weighted by atomic mass is 9.92. The van der Waals surface area contributed by atoms with E-state index in [1.807, 2.05) is 30.3 Å². The molecule has 3 atom stereocenters. The van der Waals surface area contributed by atoms with Crippen molar-refractivity contribution in [2.45, 2.75) is 70.1 Å². The minimum absolute atomic E-state index is 0.0346. The van der Waals surface area contributed by atoms with Crippen LogP contribution in [0.25, 0.3) is 0 Å². The molecule has 1 aromatic carbocycles. The number of ketones is 1. The molecule has 0 bridgehead atoms. The summed E-state index contributed by atoms with van der Waals surface area (Å²) in [5.41, 5.74) is 1.11. The number of rotatable bonds is 10. The third kappa shape index (κ3) is 6.76. The lowest BCUT2D eigenvalue weighted by Gasteiger charge is -2.35. The van der Waals surface area contributed by atoms with E-state index in [4.69, 9.17) is 9.84 Å². The van der Waals surface area contributed by atoms with Crippen LogP contribution >= 0.6 is 15.9 Å². The van der Waals surface area contributed by atoms with E-state index in [2.05, 4.69) is 26.9 Å². The first kappa shape index (κ1) is 23.2. The fourth-order valence-corrected chi connectivity index (χ4v) is 4.89. The number of ether oxygens (including phenoxy) is 1. The second-order valence-corrected chi connectivity index (χ2v) is 9.25. The third-order valence-electron chi connectivity index (χ3n) is 6.13. The van der Waals surface area contributed by atoms with Crippen molar-refractivity contribution in [3.8, 4) is 0 Å². The minimum atomic E-state index is -0.771. The lowest BCUT2D eigenvalue weighted by Crippen LogP contribution is -2.46. The van der Waals surface area contributed by atoms with Crippen molar-refractivity contribution in [1.82, 2.24) is 4.90 Å². The van der Waals surface area contributed by atoms with Crippen molar-refractivity contribution < 1.29 is 19.4 Å². The molecule has 0 spiro atoms. The number of carboxylic acid groups (broad SMARTS) is 1. The van der Waals surface area contributed by atoms with Crippen LogP contribution < -0.4 is 0 Å². The molecule has 1 saturated carbocycles. The summed E-state index contributed by atoms with van der Waals surface area (Å²) in [7, 11) is 0. The van der Waals surface area contributed by atoms with Gasteiger partial charge in [0, 0.05) is 23.2 Å². The summed E-state index contributed by atoms with van der Waals surface area (Å²) < 4.78 is 7.32. The summed E-state index contributed by atoms with van der Waals surface area (Å²) in [5.74, 6) is -0.264. The fourth-order valence-electron chi connectivity index (χ4n) is 4.62. The standard InChI is InChI=1S/C24H32BrNO4/c25-19-12-10-18(11-13-19)17-30-22-16-21(27)24(26-14-6-3-7-15-26)20(22)8-4-1-2-5-9-23(28)29/h1-2,10-13,20,22,24H,3-9,14-17H2,(H,28,29). The maximum atomic E-state index is 12.9. The van der Waals surface area contributed by atoms with Crippen molar-refractivity contribution in [1.29, 1.82) is 0 Å². The highest BCUT2D eigenvalue weighted by atomic mass is 79.9. The van der Waals surface area contributed by atoms with Crippen LogP contribution in [0.5, 0.6) is 0 Å². The highest BCUT2D eigenvalue weighted by Gasteiger charge is 2.45. The summed E-state index contributed by atoms with van der Waals surface area (Å²) >= 11 is 3.46. The zero-order chi connectivity index (χ0) is 21.3. The SMILES string of the molecule is O=C(O)CCC=CCCC1C(OCc2ccc(Br)cc2)CC(=O)C1N1CCCCC1. The van der Waals surface area contributed by atoms with Crippen LogP contribution in [0.1, 0.15) is 56.9 Å². The van der Waals surface area contributed by atoms with Gasteiger partial charge >= 0.3 is 5.97 Å². The number of benzene rings is 1. The van der Waals surface area contributed by atoms with Crippen molar-refractivity contribution in [3.63, 3.8) is 0 Å². The molecule has 1 heterocycles. The number of hydrogen-bond acceptors (Lipinski definition) is 4. The van der Waals surface area contributed by atoms with Gasteiger partial charge in [-0.25, -0.2) is 0 Å². The molecule has 3 rings (SSSR count). The Morgan fingerprint density at radius 3 is 2.53 bits per heavy atom. The van der Waals surface area contributed by atoms with Gasteiger partial charge < -0.3 is 9.84 Å². The topological polar surface area (TPSA) is 66.8 Å². The zero-order valence-corrected chi connectivity index (χ0v) is 19.1. The number of likely N-dealkylation sites (tertiary alicyclic amines) is 1. The molecule has 0 radical (unpaired) electrons. The van der Waals surface area contributed by atoms with Crippen LogP contribution in [0.4, 0.5) is 0 Å². The van der Waals surface area contributed by atoms with Gasteiger partial charge in [0.15, 0.2) is 5.78 Å². The molecule has 30 heavy (non-hydrogen) atoms. The van der Waals surface area contributed by atoms with E-state index in [9.17, 15) is 9.59 Å². The van der Waals surface area contributed by atoms with Gasteiger partial charge in [-0.1, -0.05) is 46.6 Å². The molecule has 1 aliphatic carbocycles. The molecule has 1 aliphatic heterocycles. The summed E-state index contributed by atoms with van der Waals surface area (Å²) in [4.78, 5) is 26.0. The van der Waals surface area contributed by atoms with Gasteiger partial charge in [-0.15, -0.1) is 0 Å². The summed E-state index contributed by atoms with van der Waals surface area (Å²) in [6, 6.07) is 8.07. The summed E-state index contributed by atoms with van der Waals surface area (Å²) in [6.07, 6.45) is 10.5.